The van der Waals surface area contributed by atoms with Gasteiger partial charge < -0.3 is 15.4 Å². The van der Waals surface area contributed by atoms with Gasteiger partial charge in [0.1, 0.15) is 17.7 Å². The molecule has 2 N–H and O–H groups in total. The van der Waals surface area contributed by atoms with E-state index in [1.807, 2.05) is 37.5 Å². The second-order valence-electron chi connectivity index (χ2n) is 7.93. The number of nitrogens with one attached hydrogen (secondary N) is 2. The van der Waals surface area contributed by atoms with E-state index in [1.165, 1.54) is 0 Å². The Hall–Kier alpha value is -3.78. The van der Waals surface area contributed by atoms with Crippen molar-refractivity contribution < 1.29 is 9.53 Å². The van der Waals surface area contributed by atoms with Crippen LogP contribution in [-0.4, -0.2) is 44.8 Å². The average Bonchev–Trinajstić information content (AvgIpc) is 3.26. The van der Waals surface area contributed by atoms with Gasteiger partial charge in [0.05, 0.1) is 11.9 Å². The second kappa shape index (κ2) is 8.76. The van der Waals surface area contributed by atoms with E-state index in [1.54, 1.807) is 35.4 Å². The fourth-order valence-corrected chi connectivity index (χ4v) is 3.80. The van der Waals surface area contributed by atoms with E-state index in [0.29, 0.717) is 11.4 Å². The molecule has 1 aliphatic heterocycles. The molecule has 1 fully saturated rings. The van der Waals surface area contributed by atoms with Crippen molar-refractivity contribution in [1.82, 2.24) is 25.1 Å². The first kappa shape index (κ1) is 20.1. The fourth-order valence-electron chi connectivity index (χ4n) is 3.80. The first-order chi connectivity index (χ1) is 15.6. The smallest absolute Gasteiger partial charge is 0.256 e. The topological polar surface area (TPSA) is 94.0 Å². The summed E-state index contributed by atoms with van der Waals surface area (Å²) in [5.41, 5.74) is 2.30. The molecule has 1 saturated heterocycles. The third-order valence-corrected chi connectivity index (χ3v) is 5.55. The minimum atomic E-state index is -0.216. The molecule has 8 heteroatoms. The minimum Gasteiger partial charge on any atom is -0.490 e. The Morgan fingerprint density at radius 1 is 1.06 bits per heavy atom. The standard InChI is InChI=1S/C24H24N6O2/c1-30-15-19(14-28-30)22-10-17-11-23(27-13-18(17)12-26-22)29-24(31)16-2-4-20(5-3-16)32-21-6-8-25-9-7-21/h2-5,10-15,21,25H,6-9H2,1H3,(H,27,29,31). The van der Waals surface area contributed by atoms with Crippen LogP contribution in [0.25, 0.3) is 22.0 Å². The van der Waals surface area contributed by atoms with Crippen LogP contribution in [0, 0.1) is 0 Å². The summed E-state index contributed by atoms with van der Waals surface area (Å²) < 4.78 is 7.75. The Balaban J connectivity index is 1.29. The number of benzene rings is 1. The number of nitrogens with zero attached hydrogens (tertiary/aromatic N) is 4. The van der Waals surface area contributed by atoms with Crippen LogP contribution < -0.4 is 15.4 Å². The van der Waals surface area contributed by atoms with E-state index in [2.05, 4.69) is 25.7 Å². The number of amides is 1. The van der Waals surface area contributed by atoms with Gasteiger partial charge in [-0.15, -0.1) is 0 Å². The molecular weight excluding hydrogens is 404 g/mol. The molecule has 32 heavy (non-hydrogen) atoms. The largest absolute Gasteiger partial charge is 0.490 e. The van der Waals surface area contributed by atoms with Crippen LogP contribution in [0.3, 0.4) is 0 Å². The second-order valence-corrected chi connectivity index (χ2v) is 7.93. The van der Waals surface area contributed by atoms with Gasteiger partial charge in [0, 0.05) is 42.2 Å². The molecule has 0 bridgehead atoms. The molecule has 0 radical (unpaired) electrons. The quantitative estimate of drug-likeness (QED) is 0.506. The number of carbonyl (C=O) groups excluding carboxylic acids is 1. The molecule has 8 nitrogen and oxygen atoms in total. The molecule has 0 aliphatic carbocycles. The highest BCUT2D eigenvalue weighted by Crippen LogP contribution is 2.23. The lowest BCUT2D eigenvalue weighted by molar-refractivity contribution is 0.102. The van der Waals surface area contributed by atoms with Gasteiger partial charge in [0.15, 0.2) is 0 Å². The van der Waals surface area contributed by atoms with Crippen molar-refractivity contribution in [2.24, 2.45) is 7.05 Å². The van der Waals surface area contributed by atoms with E-state index in [9.17, 15) is 4.79 Å². The normalized spacial score (nSPS) is 14.4. The first-order valence-corrected chi connectivity index (χ1v) is 10.7. The van der Waals surface area contributed by atoms with Gasteiger partial charge in [-0.05, 0) is 67.7 Å². The molecule has 1 amide bonds. The number of ether oxygens (including phenoxy) is 1. The summed E-state index contributed by atoms with van der Waals surface area (Å²) >= 11 is 0. The predicted octanol–water partition coefficient (Wildman–Crippen LogP) is 3.41. The highest BCUT2D eigenvalue weighted by Gasteiger charge is 2.15. The molecule has 0 saturated carbocycles. The number of anilines is 1. The van der Waals surface area contributed by atoms with Crippen LogP contribution in [0.2, 0.25) is 0 Å². The lowest BCUT2D eigenvalue weighted by atomic mass is 10.1. The SMILES string of the molecule is Cn1cc(-c2cc3cc(NC(=O)c4ccc(OC5CCNCC5)cc4)ncc3cn2)cn1. The first-order valence-electron chi connectivity index (χ1n) is 10.7. The molecule has 5 rings (SSSR count). The Kier molecular flexibility index (Phi) is 5.51. The Morgan fingerprint density at radius 2 is 1.84 bits per heavy atom. The molecule has 0 unspecified atom stereocenters. The third kappa shape index (κ3) is 4.45. The predicted molar refractivity (Wildman–Crippen MR) is 123 cm³/mol. The van der Waals surface area contributed by atoms with Crippen LogP contribution >= 0.6 is 0 Å². The number of pyridine rings is 2. The number of carbonyl (C=O) groups is 1. The average molecular weight is 428 g/mol. The zero-order valence-electron chi connectivity index (χ0n) is 17.8. The summed E-state index contributed by atoms with van der Waals surface area (Å²) in [4.78, 5) is 21.6. The van der Waals surface area contributed by atoms with Crippen LogP contribution in [-0.2, 0) is 7.05 Å². The van der Waals surface area contributed by atoms with Crippen LogP contribution in [0.4, 0.5) is 5.82 Å². The van der Waals surface area contributed by atoms with Crippen molar-refractivity contribution in [3.63, 3.8) is 0 Å². The van der Waals surface area contributed by atoms with E-state index < -0.39 is 0 Å². The van der Waals surface area contributed by atoms with E-state index in [0.717, 1.165) is 53.7 Å². The van der Waals surface area contributed by atoms with Crippen molar-refractivity contribution in [2.75, 3.05) is 18.4 Å². The van der Waals surface area contributed by atoms with Gasteiger partial charge >= 0.3 is 0 Å². The molecule has 1 aliphatic rings. The van der Waals surface area contributed by atoms with E-state index >= 15 is 0 Å². The maximum atomic E-state index is 12.7. The van der Waals surface area contributed by atoms with E-state index in [4.69, 9.17) is 4.74 Å². The van der Waals surface area contributed by atoms with Gasteiger partial charge in [-0.1, -0.05) is 0 Å². The molecule has 0 atom stereocenters. The summed E-state index contributed by atoms with van der Waals surface area (Å²) in [6.45, 7) is 1.95. The van der Waals surface area contributed by atoms with Crippen LogP contribution in [0.1, 0.15) is 23.2 Å². The van der Waals surface area contributed by atoms with Gasteiger partial charge in [-0.25, -0.2) is 4.98 Å². The number of fused-ring (bicyclic) bond motifs is 1. The minimum absolute atomic E-state index is 0.216. The number of piperidine rings is 1. The molecular formula is C24H24N6O2. The molecule has 3 aromatic heterocycles. The summed E-state index contributed by atoms with van der Waals surface area (Å²) in [5.74, 6) is 1.06. The van der Waals surface area contributed by atoms with Crippen LogP contribution in [0.15, 0.2) is 61.2 Å². The lowest BCUT2D eigenvalue weighted by Gasteiger charge is -2.23. The summed E-state index contributed by atoms with van der Waals surface area (Å²) in [7, 11) is 1.87. The summed E-state index contributed by atoms with van der Waals surface area (Å²) in [6.07, 6.45) is 9.39. The van der Waals surface area contributed by atoms with E-state index in [-0.39, 0.29) is 12.0 Å². The maximum absolute atomic E-state index is 12.7. The van der Waals surface area contributed by atoms with Gasteiger partial charge in [0.25, 0.3) is 5.91 Å². The summed E-state index contributed by atoms with van der Waals surface area (Å²) in [5, 5.41) is 12.2. The molecule has 1 aromatic carbocycles. The third-order valence-electron chi connectivity index (χ3n) is 5.55. The van der Waals surface area contributed by atoms with Crippen LogP contribution in [0.5, 0.6) is 5.75 Å². The van der Waals surface area contributed by atoms with Gasteiger partial charge in [-0.3, -0.25) is 14.5 Å². The number of rotatable bonds is 5. The van der Waals surface area contributed by atoms with Crippen molar-refractivity contribution in [3.05, 3.63) is 66.7 Å². The van der Waals surface area contributed by atoms with Gasteiger partial charge in [0.2, 0.25) is 0 Å². The molecule has 162 valence electrons. The fraction of sp³-hybridized carbons (Fsp3) is 0.250. The molecule has 0 spiro atoms. The number of aryl methyl sites for hydroxylation is 1. The Labute approximate surface area is 185 Å². The van der Waals surface area contributed by atoms with Crippen molar-refractivity contribution >= 4 is 22.5 Å². The van der Waals surface area contributed by atoms with Crippen molar-refractivity contribution in [1.29, 1.82) is 0 Å². The van der Waals surface area contributed by atoms with Crippen molar-refractivity contribution in [2.45, 2.75) is 18.9 Å². The molecule has 4 aromatic rings. The number of aromatic nitrogens is 4. The highest BCUT2D eigenvalue weighted by molar-refractivity contribution is 6.04. The number of hydrogen-bond acceptors (Lipinski definition) is 6. The monoisotopic (exact) mass is 428 g/mol. The van der Waals surface area contributed by atoms with Gasteiger partial charge in [-0.2, -0.15) is 5.10 Å². The number of hydrogen-bond donors (Lipinski definition) is 2. The highest BCUT2D eigenvalue weighted by atomic mass is 16.5. The maximum Gasteiger partial charge on any atom is 0.256 e. The zero-order valence-corrected chi connectivity index (χ0v) is 17.8. The Morgan fingerprint density at radius 3 is 2.59 bits per heavy atom. The summed E-state index contributed by atoms with van der Waals surface area (Å²) in [6, 6.07) is 11.1. The zero-order chi connectivity index (χ0) is 21.9. The lowest BCUT2D eigenvalue weighted by Crippen LogP contribution is -2.34. The molecule has 4 heterocycles. The Bertz CT molecular complexity index is 1250. The van der Waals surface area contributed by atoms with Crippen molar-refractivity contribution in [3.8, 4) is 17.0 Å².